The quantitative estimate of drug-likeness (QED) is 0.592. The van der Waals surface area contributed by atoms with E-state index in [4.69, 9.17) is 0 Å². The second kappa shape index (κ2) is 6.36. The molecular weight excluding hydrogens is 310 g/mol. The summed E-state index contributed by atoms with van der Waals surface area (Å²) in [5, 5.41) is 3.49. The molecule has 0 aliphatic carbocycles. The summed E-state index contributed by atoms with van der Waals surface area (Å²) in [5.74, 6) is 2.05. The standard InChI is InChI=1S/C20H19N5/c1-14(2)15-6-8-17(9-7-15)23-19-18(16-5-3-10-21-13-16)24-20-22-11-4-12-25(19)20/h3-14,23H,1-2H3. The third-order valence-corrected chi connectivity index (χ3v) is 4.18. The third kappa shape index (κ3) is 2.96. The van der Waals surface area contributed by atoms with Gasteiger partial charge in [0.1, 0.15) is 11.5 Å². The molecule has 0 aliphatic rings. The summed E-state index contributed by atoms with van der Waals surface area (Å²) in [5.41, 5.74) is 4.12. The van der Waals surface area contributed by atoms with E-state index in [1.165, 1.54) is 5.56 Å². The number of nitrogens with zero attached hydrogens (tertiary/aromatic N) is 4. The lowest BCUT2D eigenvalue weighted by Gasteiger charge is -2.10. The van der Waals surface area contributed by atoms with E-state index < -0.39 is 0 Å². The molecule has 5 nitrogen and oxygen atoms in total. The number of hydrogen-bond donors (Lipinski definition) is 1. The minimum atomic E-state index is 0.514. The van der Waals surface area contributed by atoms with Crippen molar-refractivity contribution in [2.24, 2.45) is 0 Å². The summed E-state index contributed by atoms with van der Waals surface area (Å²) in [7, 11) is 0. The minimum absolute atomic E-state index is 0.514. The smallest absolute Gasteiger partial charge is 0.235 e. The highest BCUT2D eigenvalue weighted by Gasteiger charge is 2.15. The van der Waals surface area contributed by atoms with Gasteiger partial charge in [-0.05, 0) is 41.8 Å². The largest absolute Gasteiger partial charge is 0.339 e. The molecule has 1 N–H and O–H groups in total. The maximum absolute atomic E-state index is 4.67. The van der Waals surface area contributed by atoms with Crippen LogP contribution in [0, 0.1) is 0 Å². The number of aromatic nitrogens is 4. The van der Waals surface area contributed by atoms with Gasteiger partial charge in [0.15, 0.2) is 0 Å². The number of rotatable bonds is 4. The molecule has 0 amide bonds. The first-order valence-corrected chi connectivity index (χ1v) is 8.33. The molecule has 0 bridgehead atoms. The van der Waals surface area contributed by atoms with Crippen LogP contribution in [-0.2, 0) is 0 Å². The van der Waals surface area contributed by atoms with E-state index in [0.29, 0.717) is 11.7 Å². The molecule has 0 unspecified atom stereocenters. The van der Waals surface area contributed by atoms with Crippen molar-refractivity contribution in [3.63, 3.8) is 0 Å². The predicted octanol–water partition coefficient (Wildman–Crippen LogP) is 4.66. The number of hydrogen-bond acceptors (Lipinski definition) is 4. The average molecular weight is 329 g/mol. The molecule has 0 fully saturated rings. The molecule has 0 radical (unpaired) electrons. The minimum Gasteiger partial charge on any atom is -0.339 e. The van der Waals surface area contributed by atoms with Crippen LogP contribution in [0.15, 0.2) is 67.3 Å². The molecule has 4 rings (SSSR count). The van der Waals surface area contributed by atoms with Crippen LogP contribution >= 0.6 is 0 Å². The number of fused-ring (bicyclic) bond motifs is 1. The van der Waals surface area contributed by atoms with Crippen molar-refractivity contribution in [1.29, 1.82) is 0 Å². The molecular formula is C20H19N5. The van der Waals surface area contributed by atoms with E-state index in [9.17, 15) is 0 Å². The van der Waals surface area contributed by atoms with Gasteiger partial charge in [-0.1, -0.05) is 26.0 Å². The van der Waals surface area contributed by atoms with Crippen LogP contribution in [-0.4, -0.2) is 19.4 Å². The summed E-state index contributed by atoms with van der Waals surface area (Å²) in [6, 6.07) is 14.3. The van der Waals surface area contributed by atoms with Crippen molar-refractivity contribution in [1.82, 2.24) is 19.4 Å². The first kappa shape index (κ1) is 15.3. The summed E-state index contributed by atoms with van der Waals surface area (Å²) in [6.45, 7) is 4.39. The highest BCUT2D eigenvalue weighted by atomic mass is 15.2. The van der Waals surface area contributed by atoms with Crippen LogP contribution in [0.4, 0.5) is 11.5 Å². The van der Waals surface area contributed by atoms with Gasteiger partial charge in [0, 0.05) is 36.0 Å². The second-order valence-electron chi connectivity index (χ2n) is 6.24. The zero-order valence-electron chi connectivity index (χ0n) is 14.2. The molecule has 124 valence electrons. The Hall–Kier alpha value is -3.21. The average Bonchev–Trinajstić information content (AvgIpc) is 3.02. The SMILES string of the molecule is CC(C)c1ccc(Nc2c(-c3cccnc3)nc3ncccn23)cc1. The number of imidazole rings is 1. The van der Waals surface area contributed by atoms with Crippen LogP contribution in [0.3, 0.4) is 0 Å². The van der Waals surface area contributed by atoms with E-state index in [1.54, 1.807) is 12.4 Å². The number of nitrogens with one attached hydrogen (secondary N) is 1. The van der Waals surface area contributed by atoms with Gasteiger partial charge >= 0.3 is 0 Å². The topological polar surface area (TPSA) is 55.1 Å². The number of anilines is 2. The van der Waals surface area contributed by atoms with Gasteiger partial charge in [-0.2, -0.15) is 0 Å². The fraction of sp³-hybridized carbons (Fsp3) is 0.150. The molecule has 5 heteroatoms. The molecule has 1 aromatic carbocycles. The Balaban J connectivity index is 1.80. The van der Waals surface area contributed by atoms with Crippen molar-refractivity contribution in [3.05, 3.63) is 72.8 Å². The molecule has 0 saturated heterocycles. The Labute approximate surface area is 146 Å². The summed E-state index contributed by atoms with van der Waals surface area (Å²) < 4.78 is 1.96. The van der Waals surface area contributed by atoms with Gasteiger partial charge in [0.2, 0.25) is 5.78 Å². The van der Waals surface area contributed by atoms with Crippen LogP contribution < -0.4 is 5.32 Å². The predicted molar refractivity (Wildman–Crippen MR) is 100 cm³/mol. The molecule has 0 saturated carbocycles. The van der Waals surface area contributed by atoms with E-state index in [-0.39, 0.29) is 0 Å². The fourth-order valence-corrected chi connectivity index (χ4v) is 2.80. The van der Waals surface area contributed by atoms with Crippen molar-refractivity contribution in [2.75, 3.05) is 5.32 Å². The van der Waals surface area contributed by atoms with Crippen LogP contribution in [0.25, 0.3) is 17.0 Å². The fourth-order valence-electron chi connectivity index (χ4n) is 2.80. The summed E-state index contributed by atoms with van der Waals surface area (Å²) >= 11 is 0. The Bertz CT molecular complexity index is 988. The molecule has 0 atom stereocenters. The lowest BCUT2D eigenvalue weighted by atomic mass is 10.0. The van der Waals surface area contributed by atoms with E-state index in [2.05, 4.69) is 58.4 Å². The normalized spacial score (nSPS) is 11.2. The zero-order chi connectivity index (χ0) is 17.2. The van der Waals surface area contributed by atoms with Crippen LogP contribution in [0.2, 0.25) is 0 Å². The van der Waals surface area contributed by atoms with Gasteiger partial charge in [-0.15, -0.1) is 0 Å². The first-order chi connectivity index (χ1) is 12.2. The lowest BCUT2D eigenvalue weighted by Crippen LogP contribution is -1.98. The molecule has 0 aliphatic heterocycles. The highest BCUT2D eigenvalue weighted by molar-refractivity contribution is 5.78. The Morgan fingerprint density at radius 2 is 1.84 bits per heavy atom. The van der Waals surface area contributed by atoms with Crippen LogP contribution in [0.5, 0.6) is 0 Å². The first-order valence-electron chi connectivity index (χ1n) is 8.33. The molecule has 3 aromatic heterocycles. The highest BCUT2D eigenvalue weighted by Crippen LogP contribution is 2.30. The monoisotopic (exact) mass is 329 g/mol. The Kier molecular flexibility index (Phi) is 3.90. The molecule has 3 heterocycles. The van der Waals surface area contributed by atoms with Crippen molar-refractivity contribution in [2.45, 2.75) is 19.8 Å². The van der Waals surface area contributed by atoms with Crippen molar-refractivity contribution < 1.29 is 0 Å². The maximum Gasteiger partial charge on any atom is 0.235 e. The van der Waals surface area contributed by atoms with Gasteiger partial charge in [0.25, 0.3) is 0 Å². The van der Waals surface area contributed by atoms with Crippen molar-refractivity contribution >= 4 is 17.3 Å². The van der Waals surface area contributed by atoms with Gasteiger partial charge in [-0.3, -0.25) is 9.38 Å². The molecule has 4 aromatic rings. The van der Waals surface area contributed by atoms with Crippen molar-refractivity contribution in [3.8, 4) is 11.3 Å². The Morgan fingerprint density at radius 1 is 1.00 bits per heavy atom. The van der Waals surface area contributed by atoms with Gasteiger partial charge in [-0.25, -0.2) is 9.97 Å². The van der Waals surface area contributed by atoms with E-state index in [0.717, 1.165) is 22.8 Å². The van der Waals surface area contributed by atoms with Gasteiger partial charge < -0.3 is 5.32 Å². The Morgan fingerprint density at radius 3 is 2.56 bits per heavy atom. The second-order valence-corrected chi connectivity index (χ2v) is 6.24. The van der Waals surface area contributed by atoms with E-state index in [1.807, 2.05) is 35.0 Å². The summed E-state index contributed by atoms with van der Waals surface area (Å²) in [6.07, 6.45) is 7.28. The molecule has 0 spiro atoms. The zero-order valence-corrected chi connectivity index (χ0v) is 14.2. The number of pyridine rings is 1. The maximum atomic E-state index is 4.67. The van der Waals surface area contributed by atoms with Crippen LogP contribution in [0.1, 0.15) is 25.3 Å². The van der Waals surface area contributed by atoms with Gasteiger partial charge in [0.05, 0.1) is 0 Å². The van der Waals surface area contributed by atoms with E-state index >= 15 is 0 Å². The third-order valence-electron chi connectivity index (χ3n) is 4.18. The molecule has 25 heavy (non-hydrogen) atoms. The lowest BCUT2D eigenvalue weighted by molar-refractivity contribution is 0.867. The number of benzene rings is 1. The summed E-state index contributed by atoms with van der Waals surface area (Å²) in [4.78, 5) is 13.2.